The van der Waals surface area contributed by atoms with Crippen LogP contribution >= 0.6 is 11.6 Å². The first-order valence-electron chi connectivity index (χ1n) is 7.98. The van der Waals surface area contributed by atoms with Crippen molar-refractivity contribution in [1.82, 2.24) is 4.90 Å². The molecule has 0 spiro atoms. The maximum absolute atomic E-state index is 12.3. The van der Waals surface area contributed by atoms with Crippen LogP contribution in [0, 0.1) is 0 Å². The van der Waals surface area contributed by atoms with E-state index < -0.39 is 0 Å². The molecule has 1 aliphatic heterocycles. The second kappa shape index (κ2) is 7.14. The number of para-hydroxylation sites is 1. The van der Waals surface area contributed by atoms with E-state index >= 15 is 0 Å². The number of amides is 1. The summed E-state index contributed by atoms with van der Waals surface area (Å²) >= 11 is 6.08. The van der Waals surface area contributed by atoms with Crippen molar-refractivity contribution < 1.29 is 9.53 Å². The number of likely N-dealkylation sites (tertiary alicyclic amines) is 1. The normalized spacial score (nSPS) is 14.2. The summed E-state index contributed by atoms with van der Waals surface area (Å²) in [6.07, 6.45) is 0.442. The number of carbonyl (C=O) groups is 1. The van der Waals surface area contributed by atoms with Crippen LogP contribution in [0.15, 0.2) is 48.5 Å². The zero-order chi connectivity index (χ0) is 17.1. The van der Waals surface area contributed by atoms with Crippen molar-refractivity contribution in [3.05, 3.63) is 59.1 Å². The van der Waals surface area contributed by atoms with Gasteiger partial charge in [0, 0.05) is 19.8 Å². The van der Waals surface area contributed by atoms with Gasteiger partial charge in [-0.15, -0.1) is 0 Å². The highest BCUT2D eigenvalue weighted by Gasteiger charge is 2.32. The number of halogens is 1. The molecular formula is C19H21ClN2O2. The molecule has 3 rings (SSSR count). The van der Waals surface area contributed by atoms with Crippen molar-refractivity contribution in [2.75, 3.05) is 32.1 Å². The maximum Gasteiger partial charge on any atom is 0.227 e. The zero-order valence-electron chi connectivity index (χ0n) is 13.9. The monoisotopic (exact) mass is 344 g/mol. The van der Waals surface area contributed by atoms with Gasteiger partial charge in [-0.05, 0) is 29.8 Å². The number of rotatable bonds is 5. The van der Waals surface area contributed by atoms with E-state index in [1.807, 2.05) is 66.4 Å². The molecule has 1 aliphatic rings. The van der Waals surface area contributed by atoms with Crippen LogP contribution in [0.3, 0.4) is 0 Å². The summed E-state index contributed by atoms with van der Waals surface area (Å²) in [6.45, 7) is 1.22. The summed E-state index contributed by atoms with van der Waals surface area (Å²) in [5.41, 5.74) is 2.16. The predicted molar refractivity (Wildman–Crippen MR) is 96.9 cm³/mol. The Bertz CT molecular complexity index is 710. The minimum Gasteiger partial charge on any atom is -0.485 e. The Morgan fingerprint density at radius 3 is 2.46 bits per heavy atom. The summed E-state index contributed by atoms with van der Waals surface area (Å²) in [5, 5.41) is 0.600. The zero-order valence-corrected chi connectivity index (χ0v) is 14.7. The molecule has 2 aromatic carbocycles. The van der Waals surface area contributed by atoms with E-state index in [2.05, 4.69) is 0 Å². The van der Waals surface area contributed by atoms with E-state index in [1.54, 1.807) is 6.07 Å². The van der Waals surface area contributed by atoms with Gasteiger partial charge in [0.1, 0.15) is 11.9 Å². The second-order valence-corrected chi connectivity index (χ2v) is 6.61. The molecule has 1 fully saturated rings. The Balaban J connectivity index is 1.49. The van der Waals surface area contributed by atoms with Gasteiger partial charge in [-0.3, -0.25) is 4.79 Å². The van der Waals surface area contributed by atoms with Gasteiger partial charge in [-0.1, -0.05) is 35.9 Å². The molecule has 1 heterocycles. The highest BCUT2D eigenvalue weighted by molar-refractivity contribution is 6.32. The summed E-state index contributed by atoms with van der Waals surface area (Å²) in [4.78, 5) is 16.2. The third-order valence-electron chi connectivity index (χ3n) is 4.14. The summed E-state index contributed by atoms with van der Waals surface area (Å²) in [6, 6.07) is 15.5. The molecule has 0 bridgehead atoms. The second-order valence-electron chi connectivity index (χ2n) is 6.21. The van der Waals surface area contributed by atoms with E-state index in [-0.39, 0.29) is 12.0 Å². The molecule has 0 aliphatic carbocycles. The van der Waals surface area contributed by atoms with Crippen LogP contribution in [0.4, 0.5) is 5.69 Å². The average Bonchev–Trinajstić information content (AvgIpc) is 2.52. The van der Waals surface area contributed by atoms with Crippen LogP contribution in [-0.4, -0.2) is 44.1 Å². The average molecular weight is 345 g/mol. The molecule has 24 heavy (non-hydrogen) atoms. The molecule has 1 saturated heterocycles. The first-order valence-corrected chi connectivity index (χ1v) is 8.36. The van der Waals surface area contributed by atoms with Crippen LogP contribution < -0.4 is 9.64 Å². The number of nitrogens with zero attached hydrogens (tertiary/aromatic N) is 2. The molecule has 5 heteroatoms. The fraction of sp³-hybridized carbons (Fsp3) is 0.316. The number of benzene rings is 2. The standard InChI is InChI=1S/C19H21ClN2O2/c1-21(2)15-9-7-14(8-10-15)11-19(23)22-12-16(13-22)24-18-6-4-3-5-17(18)20/h3-10,16H,11-13H2,1-2H3. The van der Waals surface area contributed by atoms with Crippen LogP contribution in [-0.2, 0) is 11.2 Å². The smallest absolute Gasteiger partial charge is 0.227 e. The lowest BCUT2D eigenvalue weighted by Crippen LogP contribution is -2.56. The van der Waals surface area contributed by atoms with Crippen molar-refractivity contribution >= 4 is 23.2 Å². The molecular weight excluding hydrogens is 324 g/mol. The predicted octanol–water partition coefficient (Wildman–Crippen LogP) is 3.24. The first-order chi connectivity index (χ1) is 11.5. The fourth-order valence-electron chi connectivity index (χ4n) is 2.63. The Labute approximate surface area is 147 Å². The van der Waals surface area contributed by atoms with Crippen molar-refractivity contribution in [3.63, 3.8) is 0 Å². The Hall–Kier alpha value is -2.20. The molecule has 1 amide bonds. The van der Waals surface area contributed by atoms with Gasteiger partial charge in [-0.25, -0.2) is 0 Å². The number of hydrogen-bond acceptors (Lipinski definition) is 3. The molecule has 0 saturated carbocycles. The molecule has 0 atom stereocenters. The third kappa shape index (κ3) is 3.82. The number of hydrogen-bond donors (Lipinski definition) is 0. The summed E-state index contributed by atoms with van der Waals surface area (Å²) in [7, 11) is 4.00. The van der Waals surface area contributed by atoms with Crippen LogP contribution in [0.2, 0.25) is 5.02 Å². The lowest BCUT2D eigenvalue weighted by atomic mass is 10.1. The van der Waals surface area contributed by atoms with E-state index in [0.717, 1.165) is 11.3 Å². The Morgan fingerprint density at radius 2 is 1.83 bits per heavy atom. The summed E-state index contributed by atoms with van der Waals surface area (Å²) in [5.74, 6) is 0.808. The van der Waals surface area contributed by atoms with Gasteiger partial charge in [-0.2, -0.15) is 0 Å². The van der Waals surface area contributed by atoms with Gasteiger partial charge in [0.25, 0.3) is 0 Å². The van der Waals surface area contributed by atoms with Gasteiger partial charge in [0.15, 0.2) is 0 Å². The maximum atomic E-state index is 12.3. The Morgan fingerprint density at radius 1 is 1.17 bits per heavy atom. The molecule has 4 nitrogen and oxygen atoms in total. The lowest BCUT2D eigenvalue weighted by Gasteiger charge is -2.39. The van der Waals surface area contributed by atoms with Gasteiger partial charge < -0.3 is 14.5 Å². The largest absolute Gasteiger partial charge is 0.485 e. The molecule has 126 valence electrons. The van der Waals surface area contributed by atoms with Crippen molar-refractivity contribution in [1.29, 1.82) is 0 Å². The number of ether oxygens (including phenoxy) is 1. The topological polar surface area (TPSA) is 32.8 Å². The molecule has 2 aromatic rings. The van der Waals surface area contributed by atoms with Crippen molar-refractivity contribution in [2.45, 2.75) is 12.5 Å². The highest BCUT2D eigenvalue weighted by Crippen LogP contribution is 2.26. The van der Waals surface area contributed by atoms with E-state index in [9.17, 15) is 4.79 Å². The van der Waals surface area contributed by atoms with Crippen molar-refractivity contribution in [2.24, 2.45) is 0 Å². The molecule has 0 unspecified atom stereocenters. The SMILES string of the molecule is CN(C)c1ccc(CC(=O)N2CC(Oc3ccccc3Cl)C2)cc1. The van der Waals surface area contributed by atoms with E-state index in [0.29, 0.717) is 30.3 Å². The lowest BCUT2D eigenvalue weighted by molar-refractivity contribution is -0.139. The quantitative estimate of drug-likeness (QED) is 0.834. The minimum atomic E-state index is 0.0185. The van der Waals surface area contributed by atoms with Crippen molar-refractivity contribution in [3.8, 4) is 5.75 Å². The highest BCUT2D eigenvalue weighted by atomic mass is 35.5. The minimum absolute atomic E-state index is 0.0185. The molecule has 0 N–H and O–H groups in total. The first kappa shape index (κ1) is 16.7. The Kier molecular flexibility index (Phi) is 4.95. The van der Waals surface area contributed by atoms with E-state index in [1.165, 1.54) is 0 Å². The van der Waals surface area contributed by atoms with Gasteiger partial charge in [0.2, 0.25) is 5.91 Å². The van der Waals surface area contributed by atoms with Gasteiger partial charge in [0.05, 0.1) is 24.5 Å². The molecule has 0 aromatic heterocycles. The number of carbonyl (C=O) groups excluding carboxylic acids is 1. The van der Waals surface area contributed by atoms with Gasteiger partial charge >= 0.3 is 0 Å². The third-order valence-corrected chi connectivity index (χ3v) is 4.45. The van der Waals surface area contributed by atoms with Crippen LogP contribution in [0.5, 0.6) is 5.75 Å². The van der Waals surface area contributed by atoms with Crippen LogP contribution in [0.1, 0.15) is 5.56 Å². The number of anilines is 1. The van der Waals surface area contributed by atoms with E-state index in [4.69, 9.17) is 16.3 Å². The summed E-state index contributed by atoms with van der Waals surface area (Å²) < 4.78 is 5.82. The van der Waals surface area contributed by atoms with Crippen LogP contribution in [0.25, 0.3) is 0 Å². The fourth-order valence-corrected chi connectivity index (χ4v) is 2.81. The molecule has 0 radical (unpaired) electrons.